The molecule has 1 aliphatic heterocycles. The number of fused-ring (bicyclic) bond motifs is 1. The molecule has 2 aromatic rings. The van der Waals surface area contributed by atoms with Crippen LogP contribution in [-0.4, -0.2) is 24.2 Å². The molecule has 1 atom stereocenters. The van der Waals surface area contributed by atoms with E-state index in [-0.39, 0.29) is 5.88 Å². The number of nitrogens with zero attached hydrogens (tertiary/aromatic N) is 2. The molecule has 0 aliphatic carbocycles. The minimum Gasteiger partial charge on any atom is -0.497 e. The molecular weight excluding hydrogens is 296 g/mol. The fourth-order valence-electron chi connectivity index (χ4n) is 2.66. The quantitative estimate of drug-likeness (QED) is 0.897. The number of aryl methyl sites for hydroxylation is 1. The fourth-order valence-corrected chi connectivity index (χ4v) is 2.66. The Morgan fingerprint density at radius 2 is 1.91 bits per heavy atom. The summed E-state index contributed by atoms with van der Waals surface area (Å²) in [5, 5.41) is 9.51. The largest absolute Gasteiger partial charge is 0.497 e. The second kappa shape index (κ2) is 5.57. The van der Waals surface area contributed by atoms with E-state index in [4.69, 9.17) is 19.9 Å². The Balaban J connectivity index is 2.22. The number of methoxy groups -OCH3 is 2. The molecular formula is C16H16N4O3. The number of hydrogen-bond acceptors (Lipinski definition) is 6. The Bertz CT molecular complexity index is 810. The van der Waals surface area contributed by atoms with Gasteiger partial charge in [-0.3, -0.25) is 0 Å². The smallest absolute Gasteiger partial charge is 0.243 e. The van der Waals surface area contributed by atoms with E-state index in [0.717, 1.165) is 5.56 Å². The fraction of sp³-hybridized carbons (Fsp3) is 0.250. The van der Waals surface area contributed by atoms with Crippen molar-refractivity contribution < 1.29 is 14.2 Å². The van der Waals surface area contributed by atoms with Gasteiger partial charge in [0.25, 0.3) is 0 Å². The lowest BCUT2D eigenvalue weighted by Crippen LogP contribution is -2.21. The van der Waals surface area contributed by atoms with Crippen molar-refractivity contribution in [1.82, 2.24) is 9.97 Å². The minimum atomic E-state index is -0.422. The van der Waals surface area contributed by atoms with E-state index in [0.29, 0.717) is 34.5 Å². The molecule has 0 bridgehead atoms. The number of aromatic nitrogens is 2. The van der Waals surface area contributed by atoms with Gasteiger partial charge in [-0.05, 0) is 24.6 Å². The van der Waals surface area contributed by atoms with E-state index in [2.05, 4.69) is 16.0 Å². The van der Waals surface area contributed by atoms with Gasteiger partial charge in [-0.25, -0.2) is 0 Å². The van der Waals surface area contributed by atoms with Gasteiger partial charge in [-0.1, -0.05) is 0 Å². The van der Waals surface area contributed by atoms with E-state index >= 15 is 0 Å². The molecule has 3 rings (SSSR count). The Morgan fingerprint density at radius 1 is 1.26 bits per heavy atom. The van der Waals surface area contributed by atoms with E-state index in [9.17, 15) is 5.26 Å². The second-order valence-electron chi connectivity index (χ2n) is 5.11. The number of nitrogens with two attached hydrogens (primary N) is 1. The lowest BCUT2D eigenvalue weighted by molar-refractivity contribution is 0.377. The van der Waals surface area contributed by atoms with Gasteiger partial charge in [-0.15, -0.1) is 0 Å². The standard InChI is InChI=1S/C16H16N4O3/c1-8-19-14-13(12(7-17)15(18)23-16(14)20-8)9-4-10(21-2)6-11(5-9)22-3/h4-6,13H,18H2,1-3H3,(H,19,20). The zero-order valence-corrected chi connectivity index (χ0v) is 13.0. The zero-order chi connectivity index (χ0) is 16.6. The molecule has 1 unspecified atom stereocenters. The van der Waals surface area contributed by atoms with Crippen LogP contribution in [0.1, 0.15) is 23.0 Å². The minimum absolute atomic E-state index is 0.0540. The number of ether oxygens (including phenoxy) is 3. The maximum Gasteiger partial charge on any atom is 0.243 e. The van der Waals surface area contributed by atoms with Gasteiger partial charge < -0.3 is 24.9 Å². The molecule has 7 nitrogen and oxygen atoms in total. The van der Waals surface area contributed by atoms with Crippen LogP contribution in [0.4, 0.5) is 0 Å². The molecule has 2 heterocycles. The molecule has 3 N–H and O–H groups in total. The van der Waals surface area contributed by atoms with Crippen molar-refractivity contribution in [2.24, 2.45) is 5.73 Å². The Labute approximate surface area is 133 Å². The van der Waals surface area contributed by atoms with Crippen LogP contribution in [0.25, 0.3) is 0 Å². The van der Waals surface area contributed by atoms with Crippen LogP contribution in [0, 0.1) is 18.3 Å². The van der Waals surface area contributed by atoms with Crippen LogP contribution in [0.3, 0.4) is 0 Å². The molecule has 1 aromatic carbocycles. The molecule has 118 valence electrons. The van der Waals surface area contributed by atoms with Gasteiger partial charge >= 0.3 is 0 Å². The third kappa shape index (κ3) is 2.44. The SMILES string of the molecule is COc1cc(OC)cc(C2C(C#N)=C(N)Oc3nc(C)[nH]c32)c1. The molecule has 0 amide bonds. The van der Waals surface area contributed by atoms with Gasteiger partial charge in [0, 0.05) is 6.07 Å². The normalized spacial score (nSPS) is 16.3. The van der Waals surface area contributed by atoms with Crippen LogP contribution in [0.15, 0.2) is 29.7 Å². The average Bonchev–Trinajstić information content (AvgIpc) is 2.92. The number of allylic oxidation sites excluding steroid dienone is 1. The van der Waals surface area contributed by atoms with Crippen molar-refractivity contribution in [3.05, 3.63) is 46.7 Å². The molecule has 1 aliphatic rings. The van der Waals surface area contributed by atoms with Crippen molar-refractivity contribution in [3.63, 3.8) is 0 Å². The lowest BCUT2D eigenvalue weighted by atomic mass is 9.87. The lowest BCUT2D eigenvalue weighted by Gasteiger charge is -2.23. The predicted octanol–water partition coefficient (Wildman–Crippen LogP) is 1.95. The summed E-state index contributed by atoms with van der Waals surface area (Å²) in [6.45, 7) is 1.81. The molecule has 23 heavy (non-hydrogen) atoms. The van der Waals surface area contributed by atoms with Crippen LogP contribution in [0.2, 0.25) is 0 Å². The van der Waals surface area contributed by atoms with Gasteiger partial charge in [0.05, 0.1) is 25.8 Å². The van der Waals surface area contributed by atoms with Crippen molar-refractivity contribution in [2.45, 2.75) is 12.8 Å². The van der Waals surface area contributed by atoms with Crippen LogP contribution < -0.4 is 19.9 Å². The number of nitriles is 1. The first-order valence-electron chi connectivity index (χ1n) is 6.94. The third-order valence-corrected chi connectivity index (χ3v) is 3.69. The number of benzene rings is 1. The molecule has 1 aromatic heterocycles. The summed E-state index contributed by atoms with van der Waals surface area (Å²) >= 11 is 0. The van der Waals surface area contributed by atoms with Gasteiger partial charge in [0.2, 0.25) is 11.8 Å². The van der Waals surface area contributed by atoms with Crippen molar-refractivity contribution in [1.29, 1.82) is 5.26 Å². The highest BCUT2D eigenvalue weighted by molar-refractivity contribution is 5.54. The van der Waals surface area contributed by atoms with E-state index in [1.807, 2.05) is 19.1 Å². The van der Waals surface area contributed by atoms with Crippen LogP contribution in [-0.2, 0) is 0 Å². The van der Waals surface area contributed by atoms with Crippen molar-refractivity contribution >= 4 is 0 Å². The summed E-state index contributed by atoms with van der Waals surface area (Å²) < 4.78 is 16.1. The topological polar surface area (TPSA) is 106 Å². The highest BCUT2D eigenvalue weighted by Crippen LogP contribution is 2.42. The van der Waals surface area contributed by atoms with Crippen LogP contribution >= 0.6 is 0 Å². The maximum absolute atomic E-state index is 9.51. The summed E-state index contributed by atoms with van der Waals surface area (Å²) in [5.74, 6) is 1.94. The van der Waals surface area contributed by atoms with E-state index in [1.165, 1.54) is 0 Å². The summed E-state index contributed by atoms with van der Waals surface area (Å²) in [7, 11) is 3.15. The molecule has 0 saturated heterocycles. The summed E-state index contributed by atoms with van der Waals surface area (Å²) in [6.07, 6.45) is 0. The first kappa shape index (κ1) is 14.8. The monoisotopic (exact) mass is 312 g/mol. The Hall–Kier alpha value is -3.14. The average molecular weight is 312 g/mol. The molecule has 0 saturated carbocycles. The summed E-state index contributed by atoms with van der Waals surface area (Å²) in [5.41, 5.74) is 7.70. The summed E-state index contributed by atoms with van der Waals surface area (Å²) in [4.78, 5) is 7.41. The van der Waals surface area contributed by atoms with Gasteiger partial charge in [0.15, 0.2) is 0 Å². The van der Waals surface area contributed by atoms with Gasteiger partial charge in [-0.2, -0.15) is 10.2 Å². The first-order chi connectivity index (χ1) is 11.1. The molecule has 7 heteroatoms. The number of rotatable bonds is 3. The Kier molecular flexibility index (Phi) is 3.58. The number of hydrogen-bond donors (Lipinski definition) is 2. The van der Waals surface area contributed by atoms with E-state index < -0.39 is 5.92 Å². The van der Waals surface area contributed by atoms with Crippen molar-refractivity contribution in [2.75, 3.05) is 14.2 Å². The van der Waals surface area contributed by atoms with Gasteiger partial charge in [0.1, 0.15) is 29.0 Å². The molecule has 0 fully saturated rings. The molecule has 0 spiro atoms. The first-order valence-corrected chi connectivity index (χ1v) is 6.94. The third-order valence-electron chi connectivity index (χ3n) is 3.69. The van der Waals surface area contributed by atoms with Crippen LogP contribution in [0.5, 0.6) is 17.4 Å². The second-order valence-corrected chi connectivity index (χ2v) is 5.11. The Morgan fingerprint density at radius 3 is 2.48 bits per heavy atom. The van der Waals surface area contributed by atoms with Crippen molar-refractivity contribution in [3.8, 4) is 23.4 Å². The highest BCUT2D eigenvalue weighted by atomic mass is 16.5. The predicted molar refractivity (Wildman–Crippen MR) is 82.2 cm³/mol. The highest BCUT2D eigenvalue weighted by Gasteiger charge is 2.33. The molecule has 0 radical (unpaired) electrons. The maximum atomic E-state index is 9.51. The number of nitrogens with one attached hydrogen (secondary N) is 1. The number of aromatic amines is 1. The number of H-pyrrole nitrogens is 1. The number of imidazole rings is 1. The summed E-state index contributed by atoms with van der Waals surface area (Å²) in [6, 6.07) is 7.57. The van der Waals surface area contributed by atoms with E-state index in [1.54, 1.807) is 20.3 Å². The zero-order valence-electron chi connectivity index (χ0n) is 13.0.